The summed E-state index contributed by atoms with van der Waals surface area (Å²) in [5.74, 6) is 1.66. The highest BCUT2D eigenvalue weighted by molar-refractivity contribution is 6.28. The van der Waals surface area contributed by atoms with Gasteiger partial charge in [0, 0.05) is 13.0 Å². The monoisotopic (exact) mass is 200 g/mol. The number of aromatic nitrogens is 3. The third kappa shape index (κ3) is 1.84. The Labute approximate surface area is 82.1 Å². The summed E-state index contributed by atoms with van der Waals surface area (Å²) in [6, 6.07) is 0. The average molecular weight is 201 g/mol. The quantitative estimate of drug-likeness (QED) is 0.770. The van der Waals surface area contributed by atoms with Crippen molar-refractivity contribution in [2.24, 2.45) is 11.7 Å². The fourth-order valence-corrected chi connectivity index (χ4v) is 2.00. The lowest BCUT2D eigenvalue weighted by molar-refractivity contribution is 0.328. The Kier molecular flexibility index (Phi) is 2.51. The van der Waals surface area contributed by atoms with Gasteiger partial charge in [0.1, 0.15) is 5.82 Å². The van der Waals surface area contributed by atoms with Gasteiger partial charge < -0.3 is 5.73 Å². The number of nitrogens with two attached hydrogens (primary N) is 1. The number of hydrogen-bond donors (Lipinski definition) is 1. The Morgan fingerprint density at radius 1 is 1.62 bits per heavy atom. The van der Waals surface area contributed by atoms with E-state index >= 15 is 0 Å². The normalized spacial score (nSPS) is 21.5. The van der Waals surface area contributed by atoms with Crippen LogP contribution in [0.4, 0.5) is 0 Å². The highest BCUT2D eigenvalue weighted by Gasteiger charge is 2.20. The predicted molar refractivity (Wildman–Crippen MR) is 50.5 cm³/mol. The molecule has 2 rings (SSSR count). The number of hydrogen-bond acceptors (Lipinski definition) is 3. The van der Waals surface area contributed by atoms with Crippen LogP contribution in [0.5, 0.6) is 0 Å². The lowest BCUT2D eigenvalue weighted by atomic mass is 9.96. The summed E-state index contributed by atoms with van der Waals surface area (Å²) < 4.78 is 1.91. The number of fused-ring (bicyclic) bond motifs is 1. The van der Waals surface area contributed by atoms with E-state index in [1.807, 2.05) is 4.68 Å². The first kappa shape index (κ1) is 8.97. The van der Waals surface area contributed by atoms with E-state index in [-0.39, 0.29) is 0 Å². The van der Waals surface area contributed by atoms with E-state index in [0.29, 0.717) is 11.2 Å². The molecule has 0 fully saturated rings. The summed E-state index contributed by atoms with van der Waals surface area (Å²) in [7, 11) is 0. The second-order valence-corrected chi connectivity index (χ2v) is 3.80. The Morgan fingerprint density at radius 3 is 3.23 bits per heavy atom. The van der Waals surface area contributed by atoms with E-state index in [1.165, 1.54) is 0 Å². The topological polar surface area (TPSA) is 56.7 Å². The molecule has 0 saturated heterocycles. The van der Waals surface area contributed by atoms with Crippen molar-refractivity contribution in [2.45, 2.75) is 25.8 Å². The van der Waals surface area contributed by atoms with Crippen LogP contribution < -0.4 is 5.73 Å². The van der Waals surface area contributed by atoms with Gasteiger partial charge in [0.15, 0.2) is 0 Å². The number of nitrogens with zero attached hydrogens (tertiary/aromatic N) is 3. The second kappa shape index (κ2) is 3.64. The molecule has 2 N–H and O–H groups in total. The Hall–Kier alpha value is -0.610. The van der Waals surface area contributed by atoms with Crippen LogP contribution in [0, 0.1) is 5.92 Å². The van der Waals surface area contributed by atoms with E-state index in [1.54, 1.807) is 0 Å². The van der Waals surface area contributed by atoms with Crippen LogP contribution in [-0.4, -0.2) is 21.3 Å². The second-order valence-electron chi connectivity index (χ2n) is 3.46. The van der Waals surface area contributed by atoms with Gasteiger partial charge >= 0.3 is 0 Å². The first-order valence-electron chi connectivity index (χ1n) is 4.59. The molecule has 13 heavy (non-hydrogen) atoms. The minimum atomic E-state index is 0.364. The van der Waals surface area contributed by atoms with Crippen molar-refractivity contribution < 1.29 is 0 Å². The zero-order valence-corrected chi connectivity index (χ0v) is 8.17. The van der Waals surface area contributed by atoms with Crippen molar-refractivity contribution in [3.05, 3.63) is 11.1 Å². The largest absolute Gasteiger partial charge is 0.330 e. The lowest BCUT2D eigenvalue weighted by Gasteiger charge is -2.21. The van der Waals surface area contributed by atoms with Crippen LogP contribution in [0.25, 0.3) is 0 Å². The summed E-state index contributed by atoms with van der Waals surface area (Å²) in [5, 5.41) is 4.48. The van der Waals surface area contributed by atoms with Crippen molar-refractivity contribution in [1.29, 1.82) is 0 Å². The van der Waals surface area contributed by atoms with Crippen molar-refractivity contribution in [1.82, 2.24) is 14.8 Å². The van der Waals surface area contributed by atoms with Crippen LogP contribution >= 0.6 is 11.6 Å². The van der Waals surface area contributed by atoms with E-state index in [4.69, 9.17) is 17.3 Å². The van der Waals surface area contributed by atoms with Gasteiger partial charge in [-0.1, -0.05) is 0 Å². The van der Waals surface area contributed by atoms with Gasteiger partial charge in [-0.25, -0.2) is 9.67 Å². The maximum absolute atomic E-state index is 5.71. The van der Waals surface area contributed by atoms with Crippen molar-refractivity contribution >= 4 is 11.6 Å². The standard InChI is InChI=1S/C8H13ClN4/c9-8-11-7-2-1-6(3-4-10)5-13(7)12-8/h6H,1-5,10H2. The van der Waals surface area contributed by atoms with Gasteiger partial charge in [0.05, 0.1) is 0 Å². The average Bonchev–Trinajstić information content (AvgIpc) is 2.44. The number of aryl methyl sites for hydroxylation is 1. The molecule has 1 atom stereocenters. The molecular weight excluding hydrogens is 188 g/mol. The SMILES string of the molecule is NCCC1CCc2nc(Cl)nn2C1. The molecule has 5 heteroatoms. The fourth-order valence-electron chi connectivity index (χ4n) is 1.82. The van der Waals surface area contributed by atoms with E-state index in [2.05, 4.69) is 10.1 Å². The van der Waals surface area contributed by atoms with Crippen molar-refractivity contribution in [2.75, 3.05) is 6.54 Å². The number of rotatable bonds is 2. The van der Waals surface area contributed by atoms with Gasteiger partial charge in [-0.05, 0) is 36.9 Å². The molecular formula is C8H13ClN4. The van der Waals surface area contributed by atoms with E-state index < -0.39 is 0 Å². The third-order valence-corrected chi connectivity index (χ3v) is 2.66. The third-order valence-electron chi connectivity index (χ3n) is 2.50. The molecule has 1 aliphatic heterocycles. The lowest BCUT2D eigenvalue weighted by Crippen LogP contribution is -2.23. The molecule has 1 unspecified atom stereocenters. The Balaban J connectivity index is 2.10. The van der Waals surface area contributed by atoms with Crippen LogP contribution in [0.2, 0.25) is 5.28 Å². The van der Waals surface area contributed by atoms with Crippen LogP contribution in [-0.2, 0) is 13.0 Å². The van der Waals surface area contributed by atoms with E-state index in [0.717, 1.165) is 38.2 Å². The van der Waals surface area contributed by atoms with Gasteiger partial charge in [0.2, 0.25) is 5.28 Å². The maximum Gasteiger partial charge on any atom is 0.242 e. The van der Waals surface area contributed by atoms with Crippen molar-refractivity contribution in [3.8, 4) is 0 Å². The zero-order valence-electron chi connectivity index (χ0n) is 7.41. The number of halogens is 1. The van der Waals surface area contributed by atoms with Crippen LogP contribution in [0.3, 0.4) is 0 Å². The highest BCUT2D eigenvalue weighted by Crippen LogP contribution is 2.21. The summed E-state index contributed by atoms with van der Waals surface area (Å²) in [6.07, 6.45) is 3.20. The fraction of sp³-hybridized carbons (Fsp3) is 0.750. The van der Waals surface area contributed by atoms with Crippen LogP contribution in [0.1, 0.15) is 18.7 Å². The summed E-state index contributed by atoms with van der Waals surface area (Å²) >= 11 is 5.71. The molecule has 0 bridgehead atoms. The van der Waals surface area contributed by atoms with Gasteiger partial charge in [0.25, 0.3) is 0 Å². The van der Waals surface area contributed by atoms with Crippen LogP contribution in [0.15, 0.2) is 0 Å². The highest BCUT2D eigenvalue weighted by atomic mass is 35.5. The molecule has 0 aromatic carbocycles. The summed E-state index contributed by atoms with van der Waals surface area (Å²) in [5.41, 5.74) is 5.51. The molecule has 1 aromatic rings. The molecule has 0 aliphatic carbocycles. The smallest absolute Gasteiger partial charge is 0.242 e. The summed E-state index contributed by atoms with van der Waals surface area (Å²) in [6.45, 7) is 1.68. The maximum atomic E-state index is 5.71. The minimum Gasteiger partial charge on any atom is -0.330 e. The summed E-state index contributed by atoms with van der Waals surface area (Å²) in [4.78, 5) is 4.13. The molecule has 1 aliphatic rings. The molecule has 4 nitrogen and oxygen atoms in total. The molecule has 1 aromatic heterocycles. The van der Waals surface area contributed by atoms with Gasteiger partial charge in [-0.2, -0.15) is 0 Å². The molecule has 2 heterocycles. The molecule has 72 valence electrons. The molecule has 0 amide bonds. The van der Waals surface area contributed by atoms with E-state index in [9.17, 15) is 0 Å². The van der Waals surface area contributed by atoms with Gasteiger partial charge in [-0.15, -0.1) is 5.10 Å². The first-order valence-corrected chi connectivity index (χ1v) is 4.96. The minimum absolute atomic E-state index is 0.364. The zero-order chi connectivity index (χ0) is 9.26. The predicted octanol–water partition coefficient (Wildman–Crippen LogP) is 0.843. The first-order chi connectivity index (χ1) is 6.29. The Bertz CT molecular complexity index is 296. The molecule has 0 saturated carbocycles. The Morgan fingerprint density at radius 2 is 2.46 bits per heavy atom. The van der Waals surface area contributed by atoms with Gasteiger partial charge in [-0.3, -0.25) is 0 Å². The van der Waals surface area contributed by atoms with Crippen molar-refractivity contribution in [3.63, 3.8) is 0 Å². The molecule has 0 spiro atoms. The molecule has 0 radical (unpaired) electrons.